The van der Waals surface area contributed by atoms with Crippen molar-refractivity contribution in [2.75, 3.05) is 39.3 Å². The van der Waals surface area contributed by atoms with Crippen LogP contribution in [0.4, 0.5) is 0 Å². The van der Waals surface area contributed by atoms with Crippen LogP contribution < -0.4 is 5.32 Å². The molecule has 2 rings (SSSR count). The van der Waals surface area contributed by atoms with Crippen LogP contribution in [-0.4, -0.2) is 60.9 Å². The van der Waals surface area contributed by atoms with Gasteiger partial charge in [0.1, 0.15) is 5.76 Å². The zero-order chi connectivity index (χ0) is 15.2. The molecule has 1 saturated heterocycles. The summed E-state index contributed by atoms with van der Waals surface area (Å²) in [6.45, 7) is 8.80. The lowest BCUT2D eigenvalue weighted by Gasteiger charge is -2.33. The molecule has 0 aromatic carbocycles. The fraction of sp³-hybridized carbons (Fsp3) is 0.467. The van der Waals surface area contributed by atoms with E-state index in [-0.39, 0.29) is 11.8 Å². The Balaban J connectivity index is 1.79. The summed E-state index contributed by atoms with van der Waals surface area (Å²) in [6.07, 6.45) is 1.65. The SMILES string of the molecule is C=CCNC(=O)CN1CCN(C(=O)c2ccc(C)o2)CC1. The van der Waals surface area contributed by atoms with Crippen molar-refractivity contribution in [1.29, 1.82) is 0 Å². The third-order valence-electron chi connectivity index (χ3n) is 3.42. The molecule has 1 aliphatic rings. The summed E-state index contributed by atoms with van der Waals surface area (Å²) in [5.41, 5.74) is 0. The monoisotopic (exact) mass is 291 g/mol. The van der Waals surface area contributed by atoms with Crippen molar-refractivity contribution in [3.05, 3.63) is 36.3 Å². The highest BCUT2D eigenvalue weighted by molar-refractivity contribution is 5.91. The highest BCUT2D eigenvalue weighted by atomic mass is 16.3. The number of furan rings is 1. The summed E-state index contributed by atoms with van der Waals surface area (Å²) in [5, 5.41) is 2.75. The normalized spacial score (nSPS) is 15.8. The third kappa shape index (κ3) is 4.19. The van der Waals surface area contributed by atoms with E-state index in [9.17, 15) is 9.59 Å². The van der Waals surface area contributed by atoms with E-state index in [1.54, 1.807) is 23.1 Å². The lowest BCUT2D eigenvalue weighted by atomic mass is 10.3. The Morgan fingerprint density at radius 1 is 1.33 bits per heavy atom. The summed E-state index contributed by atoms with van der Waals surface area (Å²) in [4.78, 5) is 27.6. The molecule has 1 aromatic heterocycles. The standard InChI is InChI=1S/C15H21N3O3/c1-3-6-16-14(19)11-17-7-9-18(10-8-17)15(20)13-5-4-12(2)21-13/h3-5H,1,6-11H2,2H3,(H,16,19). The molecule has 1 N–H and O–H groups in total. The average molecular weight is 291 g/mol. The molecular weight excluding hydrogens is 270 g/mol. The number of rotatable bonds is 5. The van der Waals surface area contributed by atoms with Crippen molar-refractivity contribution in [3.8, 4) is 0 Å². The Bertz CT molecular complexity index is 516. The zero-order valence-corrected chi connectivity index (χ0v) is 12.3. The Kier molecular flexibility index (Phi) is 5.16. The van der Waals surface area contributed by atoms with Gasteiger partial charge < -0.3 is 14.6 Å². The Hall–Kier alpha value is -2.08. The van der Waals surface area contributed by atoms with Gasteiger partial charge in [0.05, 0.1) is 6.54 Å². The molecule has 1 aromatic rings. The zero-order valence-electron chi connectivity index (χ0n) is 12.3. The van der Waals surface area contributed by atoms with Crippen molar-refractivity contribution in [2.45, 2.75) is 6.92 Å². The number of piperazine rings is 1. The van der Waals surface area contributed by atoms with E-state index in [1.807, 2.05) is 11.8 Å². The number of carbonyl (C=O) groups excluding carboxylic acids is 2. The van der Waals surface area contributed by atoms with Crippen LogP contribution in [0, 0.1) is 6.92 Å². The maximum Gasteiger partial charge on any atom is 0.289 e. The van der Waals surface area contributed by atoms with Crippen LogP contribution in [0.3, 0.4) is 0 Å². The van der Waals surface area contributed by atoms with Gasteiger partial charge in [-0.1, -0.05) is 6.08 Å². The summed E-state index contributed by atoms with van der Waals surface area (Å²) < 4.78 is 5.36. The Morgan fingerprint density at radius 2 is 2.05 bits per heavy atom. The van der Waals surface area contributed by atoms with Crippen LogP contribution in [0.15, 0.2) is 29.2 Å². The summed E-state index contributed by atoms with van der Waals surface area (Å²) in [5.74, 6) is 1.01. The number of aryl methyl sites for hydroxylation is 1. The van der Waals surface area contributed by atoms with Crippen molar-refractivity contribution in [2.24, 2.45) is 0 Å². The minimum atomic E-state index is -0.0844. The molecule has 2 heterocycles. The summed E-state index contributed by atoms with van der Waals surface area (Å²) >= 11 is 0. The lowest BCUT2D eigenvalue weighted by molar-refractivity contribution is -0.122. The second-order valence-electron chi connectivity index (χ2n) is 5.07. The van der Waals surface area contributed by atoms with Crippen LogP contribution in [0.5, 0.6) is 0 Å². The van der Waals surface area contributed by atoms with Crippen LogP contribution in [0.2, 0.25) is 0 Å². The van der Waals surface area contributed by atoms with E-state index in [2.05, 4.69) is 11.9 Å². The molecule has 0 atom stereocenters. The molecule has 0 saturated carbocycles. The van der Waals surface area contributed by atoms with Gasteiger partial charge in [-0.2, -0.15) is 0 Å². The van der Waals surface area contributed by atoms with Crippen LogP contribution in [-0.2, 0) is 4.79 Å². The van der Waals surface area contributed by atoms with E-state index in [1.165, 1.54) is 0 Å². The summed E-state index contributed by atoms with van der Waals surface area (Å²) in [7, 11) is 0. The van der Waals surface area contributed by atoms with Gasteiger partial charge in [0.15, 0.2) is 5.76 Å². The molecule has 6 heteroatoms. The highest BCUT2D eigenvalue weighted by Gasteiger charge is 2.24. The fourth-order valence-electron chi connectivity index (χ4n) is 2.26. The number of amides is 2. The lowest BCUT2D eigenvalue weighted by Crippen LogP contribution is -2.51. The van der Waals surface area contributed by atoms with E-state index >= 15 is 0 Å². The second-order valence-corrected chi connectivity index (χ2v) is 5.07. The number of hydrogen-bond donors (Lipinski definition) is 1. The van der Waals surface area contributed by atoms with Gasteiger partial charge in [-0.3, -0.25) is 14.5 Å². The number of hydrogen-bond acceptors (Lipinski definition) is 4. The van der Waals surface area contributed by atoms with Crippen molar-refractivity contribution >= 4 is 11.8 Å². The smallest absolute Gasteiger partial charge is 0.289 e. The van der Waals surface area contributed by atoms with Crippen molar-refractivity contribution in [1.82, 2.24) is 15.1 Å². The molecule has 1 aliphatic heterocycles. The molecule has 0 aliphatic carbocycles. The Morgan fingerprint density at radius 3 is 2.62 bits per heavy atom. The topological polar surface area (TPSA) is 65.8 Å². The first kappa shape index (κ1) is 15.3. The Labute approximate surface area is 124 Å². The minimum absolute atomic E-state index is 0.0173. The maximum absolute atomic E-state index is 12.2. The number of nitrogens with zero attached hydrogens (tertiary/aromatic N) is 2. The maximum atomic E-state index is 12.2. The average Bonchev–Trinajstić information content (AvgIpc) is 2.92. The first-order chi connectivity index (χ1) is 10.1. The molecule has 114 valence electrons. The van der Waals surface area contributed by atoms with E-state index in [4.69, 9.17) is 4.42 Å². The van der Waals surface area contributed by atoms with Crippen molar-refractivity contribution < 1.29 is 14.0 Å². The third-order valence-corrected chi connectivity index (χ3v) is 3.42. The molecule has 6 nitrogen and oxygen atoms in total. The van der Waals surface area contributed by atoms with Gasteiger partial charge in [-0.25, -0.2) is 0 Å². The minimum Gasteiger partial charge on any atom is -0.456 e. The quantitative estimate of drug-likeness (QED) is 0.809. The van der Waals surface area contributed by atoms with Crippen LogP contribution in [0.25, 0.3) is 0 Å². The van der Waals surface area contributed by atoms with Gasteiger partial charge >= 0.3 is 0 Å². The van der Waals surface area contributed by atoms with Gasteiger partial charge in [0.2, 0.25) is 5.91 Å². The van der Waals surface area contributed by atoms with Gasteiger partial charge in [-0.05, 0) is 19.1 Å². The van der Waals surface area contributed by atoms with Crippen LogP contribution >= 0.6 is 0 Å². The molecule has 0 bridgehead atoms. The van der Waals surface area contributed by atoms with Gasteiger partial charge in [-0.15, -0.1) is 6.58 Å². The summed E-state index contributed by atoms with van der Waals surface area (Å²) in [6, 6.07) is 3.49. The first-order valence-electron chi connectivity index (χ1n) is 7.06. The van der Waals surface area contributed by atoms with Crippen LogP contribution in [0.1, 0.15) is 16.3 Å². The van der Waals surface area contributed by atoms with Gasteiger partial charge in [0.25, 0.3) is 5.91 Å². The van der Waals surface area contributed by atoms with E-state index in [0.717, 1.165) is 5.76 Å². The molecule has 0 radical (unpaired) electrons. The largest absolute Gasteiger partial charge is 0.456 e. The van der Waals surface area contributed by atoms with Gasteiger partial charge in [0, 0.05) is 32.7 Å². The van der Waals surface area contributed by atoms with E-state index < -0.39 is 0 Å². The van der Waals surface area contributed by atoms with E-state index in [0.29, 0.717) is 45.0 Å². The molecule has 0 spiro atoms. The molecule has 0 unspecified atom stereocenters. The highest BCUT2D eigenvalue weighted by Crippen LogP contribution is 2.11. The molecule has 1 fully saturated rings. The molecule has 21 heavy (non-hydrogen) atoms. The second kappa shape index (κ2) is 7.08. The predicted octanol–water partition coefficient (Wildman–Crippen LogP) is 0.648. The number of carbonyl (C=O) groups is 2. The number of nitrogens with one attached hydrogen (secondary N) is 1. The molecule has 2 amide bonds. The predicted molar refractivity (Wildman–Crippen MR) is 79.0 cm³/mol. The first-order valence-corrected chi connectivity index (χ1v) is 7.06. The molecular formula is C15H21N3O3. The van der Waals surface area contributed by atoms with Crippen molar-refractivity contribution in [3.63, 3.8) is 0 Å². The fourth-order valence-corrected chi connectivity index (χ4v) is 2.26.